The molecule has 1 aromatic carbocycles. The van der Waals surface area contributed by atoms with Crippen LogP contribution in [0.5, 0.6) is 0 Å². The number of hydrogen-bond donors (Lipinski definition) is 3. The summed E-state index contributed by atoms with van der Waals surface area (Å²) in [5, 5.41) is 10.6. The molecule has 3 heteroatoms. The summed E-state index contributed by atoms with van der Waals surface area (Å²) >= 11 is 0. The third-order valence-corrected chi connectivity index (χ3v) is 5.38. The van der Waals surface area contributed by atoms with Gasteiger partial charge < -0.3 is 11.1 Å². The normalized spacial score (nSPS) is 14.8. The topological polar surface area (TPSA) is 61.9 Å². The van der Waals surface area contributed by atoms with Crippen molar-refractivity contribution >= 4 is 11.5 Å². The van der Waals surface area contributed by atoms with Crippen LogP contribution < -0.4 is 11.1 Å². The quantitative estimate of drug-likeness (QED) is 0.262. The van der Waals surface area contributed by atoms with Gasteiger partial charge in [-0.2, -0.15) is 0 Å². The first-order valence-corrected chi connectivity index (χ1v) is 10.6. The second-order valence-corrected chi connectivity index (χ2v) is 8.08. The van der Waals surface area contributed by atoms with Gasteiger partial charge in [-0.1, -0.05) is 89.3 Å². The van der Waals surface area contributed by atoms with Crippen molar-refractivity contribution in [2.24, 2.45) is 11.7 Å². The second-order valence-electron chi connectivity index (χ2n) is 8.08. The van der Waals surface area contributed by atoms with Gasteiger partial charge in [0.15, 0.2) is 5.96 Å². The molecule has 0 spiro atoms. The van der Waals surface area contributed by atoms with Gasteiger partial charge in [0.2, 0.25) is 0 Å². The SMILES string of the molecule is CCCCCCCCc1ccc(C2=CCC(C(NC(=N)N)C(C)C)=C2)cc1. The minimum absolute atomic E-state index is 0.0436. The Morgan fingerprint density at radius 3 is 2.37 bits per heavy atom. The first-order chi connectivity index (χ1) is 13.0. The summed E-state index contributed by atoms with van der Waals surface area (Å²) < 4.78 is 0. The molecule has 0 bridgehead atoms. The molecule has 3 nitrogen and oxygen atoms in total. The minimum Gasteiger partial charge on any atom is -0.370 e. The predicted octanol–water partition coefficient (Wildman–Crippen LogP) is 5.81. The van der Waals surface area contributed by atoms with Crippen LogP contribution in [-0.2, 0) is 6.42 Å². The molecular formula is C24H37N3. The standard InChI is InChI=1S/C24H37N3/c1-4-5-6-7-8-9-10-19-11-13-20(14-12-19)21-15-16-22(17-21)23(18(2)3)27-24(25)26/h11-15,17-18,23H,4-10,16H2,1-3H3,(H4,25,26,27). The third kappa shape index (κ3) is 6.89. The van der Waals surface area contributed by atoms with Crippen LogP contribution in [0.15, 0.2) is 42.0 Å². The zero-order valence-corrected chi connectivity index (χ0v) is 17.4. The molecule has 1 atom stereocenters. The van der Waals surface area contributed by atoms with Crippen molar-refractivity contribution in [1.82, 2.24) is 5.32 Å². The first-order valence-electron chi connectivity index (χ1n) is 10.6. The number of unbranched alkanes of at least 4 members (excludes halogenated alkanes) is 5. The van der Waals surface area contributed by atoms with Crippen LogP contribution >= 0.6 is 0 Å². The van der Waals surface area contributed by atoms with Crippen LogP contribution in [0.3, 0.4) is 0 Å². The smallest absolute Gasteiger partial charge is 0.186 e. The molecule has 2 rings (SSSR count). The lowest BCUT2D eigenvalue weighted by Crippen LogP contribution is -2.43. The fraction of sp³-hybridized carbons (Fsp3) is 0.542. The molecule has 0 heterocycles. The lowest BCUT2D eigenvalue weighted by molar-refractivity contribution is 0.500. The molecule has 1 unspecified atom stereocenters. The van der Waals surface area contributed by atoms with Gasteiger partial charge in [0.05, 0.1) is 6.04 Å². The molecule has 1 aliphatic rings. The molecule has 1 aliphatic carbocycles. The van der Waals surface area contributed by atoms with Crippen molar-refractivity contribution in [2.75, 3.05) is 0 Å². The Kier molecular flexibility index (Phi) is 8.63. The molecule has 0 amide bonds. The van der Waals surface area contributed by atoms with E-state index in [4.69, 9.17) is 11.1 Å². The van der Waals surface area contributed by atoms with Crippen LogP contribution in [0.25, 0.3) is 5.57 Å². The number of nitrogens with two attached hydrogens (primary N) is 1. The Labute approximate surface area is 165 Å². The van der Waals surface area contributed by atoms with E-state index in [0.717, 1.165) is 6.42 Å². The van der Waals surface area contributed by atoms with Gasteiger partial charge in [0.25, 0.3) is 0 Å². The Morgan fingerprint density at radius 2 is 1.74 bits per heavy atom. The van der Waals surface area contributed by atoms with Crippen molar-refractivity contribution in [2.45, 2.75) is 78.2 Å². The molecule has 0 aromatic heterocycles. The Hall–Kier alpha value is -2.03. The van der Waals surface area contributed by atoms with E-state index >= 15 is 0 Å². The Bertz CT molecular complexity index is 653. The molecule has 0 fully saturated rings. The number of benzene rings is 1. The highest BCUT2D eigenvalue weighted by atomic mass is 15.1. The highest BCUT2D eigenvalue weighted by Gasteiger charge is 2.21. The summed E-state index contributed by atoms with van der Waals surface area (Å²) in [6, 6.07) is 9.19. The molecular weight excluding hydrogens is 330 g/mol. The number of nitrogens with one attached hydrogen (secondary N) is 2. The van der Waals surface area contributed by atoms with Gasteiger partial charge in [-0.25, -0.2) is 0 Å². The van der Waals surface area contributed by atoms with Crippen LogP contribution in [0, 0.1) is 11.3 Å². The van der Waals surface area contributed by atoms with Crippen molar-refractivity contribution < 1.29 is 0 Å². The van der Waals surface area contributed by atoms with Gasteiger partial charge in [0.1, 0.15) is 0 Å². The van der Waals surface area contributed by atoms with E-state index in [1.807, 2.05) is 0 Å². The van der Waals surface area contributed by atoms with Gasteiger partial charge in [-0.05, 0) is 47.5 Å². The first kappa shape index (κ1) is 21.3. The van der Waals surface area contributed by atoms with Crippen LogP contribution in [0.2, 0.25) is 0 Å². The number of rotatable bonds is 11. The van der Waals surface area contributed by atoms with Crippen molar-refractivity contribution in [3.63, 3.8) is 0 Å². The maximum absolute atomic E-state index is 7.54. The number of hydrogen-bond acceptors (Lipinski definition) is 1. The van der Waals surface area contributed by atoms with Crippen LogP contribution in [0.4, 0.5) is 0 Å². The monoisotopic (exact) mass is 367 g/mol. The molecule has 148 valence electrons. The van der Waals surface area contributed by atoms with E-state index < -0.39 is 0 Å². The number of aryl methyl sites for hydroxylation is 1. The summed E-state index contributed by atoms with van der Waals surface area (Å²) in [4.78, 5) is 0. The van der Waals surface area contributed by atoms with Crippen LogP contribution in [-0.4, -0.2) is 12.0 Å². The molecule has 0 radical (unpaired) electrons. The van der Waals surface area contributed by atoms with E-state index in [2.05, 4.69) is 62.5 Å². The molecule has 0 saturated carbocycles. The molecule has 27 heavy (non-hydrogen) atoms. The number of guanidine groups is 1. The van der Waals surface area contributed by atoms with Gasteiger partial charge >= 0.3 is 0 Å². The van der Waals surface area contributed by atoms with Crippen molar-refractivity contribution in [3.8, 4) is 0 Å². The molecule has 0 aliphatic heterocycles. The summed E-state index contributed by atoms with van der Waals surface area (Å²) in [7, 11) is 0. The predicted molar refractivity (Wildman–Crippen MR) is 118 cm³/mol. The van der Waals surface area contributed by atoms with E-state index in [1.165, 1.54) is 67.2 Å². The van der Waals surface area contributed by atoms with E-state index in [9.17, 15) is 0 Å². The summed E-state index contributed by atoms with van der Waals surface area (Å²) in [5.74, 6) is 0.440. The third-order valence-electron chi connectivity index (χ3n) is 5.38. The van der Waals surface area contributed by atoms with Crippen molar-refractivity contribution in [1.29, 1.82) is 5.41 Å². The maximum atomic E-state index is 7.54. The maximum Gasteiger partial charge on any atom is 0.186 e. The van der Waals surface area contributed by atoms with Gasteiger partial charge in [-0.3, -0.25) is 5.41 Å². The fourth-order valence-corrected chi connectivity index (χ4v) is 3.79. The van der Waals surface area contributed by atoms with E-state index in [1.54, 1.807) is 0 Å². The molecule has 0 saturated heterocycles. The molecule has 4 N–H and O–H groups in total. The van der Waals surface area contributed by atoms with Crippen LogP contribution in [0.1, 0.15) is 76.8 Å². The fourth-order valence-electron chi connectivity index (χ4n) is 3.79. The van der Waals surface area contributed by atoms with Gasteiger partial charge in [-0.15, -0.1) is 0 Å². The summed E-state index contributed by atoms with van der Waals surface area (Å²) in [6.07, 6.45) is 14.8. The average molecular weight is 368 g/mol. The summed E-state index contributed by atoms with van der Waals surface area (Å²) in [6.45, 7) is 6.59. The van der Waals surface area contributed by atoms with E-state index in [-0.39, 0.29) is 12.0 Å². The van der Waals surface area contributed by atoms with Gasteiger partial charge in [0, 0.05) is 0 Å². The van der Waals surface area contributed by atoms with E-state index in [0.29, 0.717) is 5.92 Å². The second kappa shape index (κ2) is 11.0. The number of allylic oxidation sites excluding steroid dienone is 3. The highest BCUT2D eigenvalue weighted by Crippen LogP contribution is 2.30. The van der Waals surface area contributed by atoms with Crippen molar-refractivity contribution in [3.05, 3.63) is 53.1 Å². The average Bonchev–Trinajstić information content (AvgIpc) is 3.12. The zero-order valence-electron chi connectivity index (χ0n) is 17.4. The Balaban J connectivity index is 1.89. The lowest BCUT2D eigenvalue weighted by Gasteiger charge is -2.23. The Morgan fingerprint density at radius 1 is 1.07 bits per heavy atom. The molecule has 1 aromatic rings. The lowest BCUT2D eigenvalue weighted by atomic mass is 9.95. The summed E-state index contributed by atoms with van der Waals surface area (Å²) in [5.41, 5.74) is 10.9. The zero-order chi connectivity index (χ0) is 19.6. The highest BCUT2D eigenvalue weighted by molar-refractivity contribution is 5.79. The minimum atomic E-state index is 0.0436. The largest absolute Gasteiger partial charge is 0.370 e.